The van der Waals surface area contributed by atoms with Crippen LogP contribution < -0.4 is 5.32 Å². The van der Waals surface area contributed by atoms with Gasteiger partial charge in [-0.3, -0.25) is 0 Å². The van der Waals surface area contributed by atoms with Crippen molar-refractivity contribution in [3.05, 3.63) is 32.9 Å². The summed E-state index contributed by atoms with van der Waals surface area (Å²) < 4.78 is 1.26. The van der Waals surface area contributed by atoms with Gasteiger partial charge < -0.3 is 5.32 Å². The molecule has 0 spiro atoms. The summed E-state index contributed by atoms with van der Waals surface area (Å²) in [5.41, 5.74) is 2.40. The Morgan fingerprint density at radius 3 is 2.92 bits per heavy atom. The van der Waals surface area contributed by atoms with Crippen molar-refractivity contribution in [2.45, 2.75) is 13.5 Å². The average Bonchev–Trinajstić information content (AvgIpc) is 2.07. The molecule has 1 rings (SSSR count). The van der Waals surface area contributed by atoms with Crippen LogP contribution in [0.5, 0.6) is 0 Å². The minimum Gasteiger partial charge on any atom is -0.319 e. The van der Waals surface area contributed by atoms with Gasteiger partial charge in [0, 0.05) is 10.1 Å². The maximum Gasteiger partial charge on any atom is 0.176 e. The van der Waals surface area contributed by atoms with E-state index in [1.54, 1.807) is 0 Å². The Hall–Kier alpha value is -0.760. The highest BCUT2D eigenvalue weighted by atomic mass is 127. The zero-order valence-corrected chi connectivity index (χ0v) is 8.92. The van der Waals surface area contributed by atoms with Crippen LogP contribution in [0.25, 0.3) is 0 Å². The Morgan fingerprint density at radius 1 is 1.58 bits per heavy atom. The monoisotopic (exact) mass is 272 g/mol. The lowest BCUT2D eigenvalue weighted by molar-refractivity contribution is 0.882. The first-order valence-electron chi connectivity index (χ1n) is 3.61. The summed E-state index contributed by atoms with van der Waals surface area (Å²) in [4.78, 5) is 0. The van der Waals surface area contributed by atoms with Gasteiger partial charge >= 0.3 is 0 Å². The number of nitrogens with one attached hydrogen (secondary N) is 1. The van der Waals surface area contributed by atoms with Gasteiger partial charge in [-0.25, -0.2) is 0 Å². The second-order valence-corrected chi connectivity index (χ2v) is 3.71. The van der Waals surface area contributed by atoms with Crippen LogP contribution in [0.15, 0.2) is 18.2 Å². The molecular weight excluding hydrogens is 263 g/mol. The van der Waals surface area contributed by atoms with Crippen molar-refractivity contribution in [3.8, 4) is 6.19 Å². The molecule has 1 aromatic carbocycles. The summed E-state index contributed by atoms with van der Waals surface area (Å²) in [6.45, 7) is 2.69. The Kier molecular flexibility index (Phi) is 3.35. The highest BCUT2D eigenvalue weighted by Gasteiger charge is 1.95. The Balaban J connectivity index is 2.77. The van der Waals surface area contributed by atoms with E-state index in [-0.39, 0.29) is 0 Å². The molecule has 0 unspecified atom stereocenters. The van der Waals surface area contributed by atoms with E-state index < -0.39 is 0 Å². The third-order valence-electron chi connectivity index (χ3n) is 1.59. The van der Waals surface area contributed by atoms with Crippen molar-refractivity contribution in [3.63, 3.8) is 0 Å². The van der Waals surface area contributed by atoms with Gasteiger partial charge in [0.2, 0.25) is 0 Å². The zero-order chi connectivity index (χ0) is 8.97. The number of rotatable bonds is 2. The fourth-order valence-electron chi connectivity index (χ4n) is 0.958. The van der Waals surface area contributed by atoms with E-state index >= 15 is 0 Å². The zero-order valence-electron chi connectivity index (χ0n) is 6.76. The highest BCUT2D eigenvalue weighted by Crippen LogP contribution is 2.12. The third-order valence-corrected chi connectivity index (χ3v) is 2.80. The molecule has 0 heterocycles. The van der Waals surface area contributed by atoms with Gasteiger partial charge in [-0.2, -0.15) is 5.26 Å². The van der Waals surface area contributed by atoms with Gasteiger partial charge in [-0.1, -0.05) is 12.1 Å². The third kappa shape index (κ3) is 2.38. The van der Waals surface area contributed by atoms with Gasteiger partial charge in [0.15, 0.2) is 6.19 Å². The fourth-order valence-corrected chi connectivity index (χ4v) is 1.29. The number of benzene rings is 1. The van der Waals surface area contributed by atoms with Crippen molar-refractivity contribution in [2.24, 2.45) is 0 Å². The van der Waals surface area contributed by atoms with Gasteiger partial charge in [0.25, 0.3) is 0 Å². The maximum absolute atomic E-state index is 8.29. The molecule has 0 fully saturated rings. The molecule has 0 atom stereocenters. The first-order valence-corrected chi connectivity index (χ1v) is 4.69. The number of nitrogens with zero attached hydrogens (tertiary/aromatic N) is 1. The molecular formula is C9H9IN2. The van der Waals surface area contributed by atoms with Crippen molar-refractivity contribution in [1.82, 2.24) is 5.32 Å². The molecule has 1 aromatic rings. The first kappa shape index (κ1) is 9.33. The van der Waals surface area contributed by atoms with E-state index in [2.05, 4.69) is 47.0 Å². The van der Waals surface area contributed by atoms with Crippen molar-refractivity contribution in [1.29, 1.82) is 5.26 Å². The summed E-state index contributed by atoms with van der Waals surface area (Å²) in [6, 6.07) is 6.18. The SMILES string of the molecule is Cc1cc(CNC#N)ccc1I. The quantitative estimate of drug-likeness (QED) is 0.509. The number of halogens is 1. The molecule has 0 amide bonds. The minimum absolute atomic E-state index is 0.619. The van der Waals surface area contributed by atoms with Crippen LogP contribution in [-0.4, -0.2) is 0 Å². The molecule has 0 bridgehead atoms. The summed E-state index contributed by atoms with van der Waals surface area (Å²) in [5, 5.41) is 10.9. The predicted octanol–water partition coefficient (Wildman–Crippen LogP) is 2.17. The lowest BCUT2D eigenvalue weighted by Crippen LogP contribution is -2.04. The molecule has 0 saturated carbocycles. The normalized spacial score (nSPS) is 9.08. The van der Waals surface area contributed by atoms with Crippen molar-refractivity contribution in [2.75, 3.05) is 0 Å². The molecule has 0 aliphatic rings. The van der Waals surface area contributed by atoms with Gasteiger partial charge in [-0.05, 0) is 46.7 Å². The lowest BCUT2D eigenvalue weighted by Gasteiger charge is -2.02. The number of hydrogen-bond donors (Lipinski definition) is 1. The highest BCUT2D eigenvalue weighted by molar-refractivity contribution is 14.1. The summed E-state index contributed by atoms with van der Waals surface area (Å²) in [6.07, 6.45) is 1.90. The Labute approximate surface area is 85.7 Å². The van der Waals surface area contributed by atoms with Gasteiger partial charge in [0.05, 0.1) is 0 Å². The topological polar surface area (TPSA) is 35.8 Å². The molecule has 62 valence electrons. The molecule has 0 saturated heterocycles. The van der Waals surface area contributed by atoms with Crippen molar-refractivity contribution >= 4 is 22.6 Å². The molecule has 0 aliphatic carbocycles. The number of hydrogen-bond acceptors (Lipinski definition) is 2. The molecule has 3 heteroatoms. The van der Waals surface area contributed by atoms with Crippen LogP contribution in [0.3, 0.4) is 0 Å². The standard InChI is InChI=1S/C9H9IN2/c1-7-4-8(5-12-6-11)2-3-9(7)10/h2-4,12H,5H2,1H3. The largest absolute Gasteiger partial charge is 0.319 e. The maximum atomic E-state index is 8.29. The predicted molar refractivity (Wildman–Crippen MR) is 56.3 cm³/mol. The van der Waals surface area contributed by atoms with Crippen LogP contribution in [-0.2, 0) is 6.54 Å². The van der Waals surface area contributed by atoms with E-state index in [1.165, 1.54) is 9.13 Å². The van der Waals surface area contributed by atoms with Crippen LogP contribution >= 0.6 is 22.6 Å². The second-order valence-electron chi connectivity index (χ2n) is 2.55. The van der Waals surface area contributed by atoms with E-state index in [9.17, 15) is 0 Å². The molecule has 12 heavy (non-hydrogen) atoms. The van der Waals surface area contributed by atoms with E-state index in [4.69, 9.17) is 5.26 Å². The van der Waals surface area contributed by atoms with Crippen LogP contribution in [0.1, 0.15) is 11.1 Å². The smallest absolute Gasteiger partial charge is 0.176 e. The second kappa shape index (κ2) is 4.31. The van der Waals surface area contributed by atoms with Gasteiger partial charge in [-0.15, -0.1) is 0 Å². The van der Waals surface area contributed by atoms with Crippen molar-refractivity contribution < 1.29 is 0 Å². The minimum atomic E-state index is 0.619. The average molecular weight is 272 g/mol. The Morgan fingerprint density at radius 2 is 2.33 bits per heavy atom. The summed E-state index contributed by atoms with van der Waals surface area (Å²) in [7, 11) is 0. The molecule has 2 nitrogen and oxygen atoms in total. The Bertz CT molecular complexity index is 315. The van der Waals surface area contributed by atoms with E-state index in [0.29, 0.717) is 6.54 Å². The first-order chi connectivity index (χ1) is 5.74. The molecule has 0 aliphatic heterocycles. The van der Waals surface area contributed by atoms with E-state index in [1.807, 2.05) is 12.3 Å². The van der Waals surface area contributed by atoms with Crippen LogP contribution in [0, 0.1) is 21.9 Å². The molecule has 0 aromatic heterocycles. The summed E-state index contributed by atoms with van der Waals surface area (Å²) >= 11 is 2.29. The van der Waals surface area contributed by atoms with E-state index in [0.717, 1.165) is 5.56 Å². The fraction of sp³-hybridized carbons (Fsp3) is 0.222. The molecule has 0 radical (unpaired) electrons. The lowest BCUT2D eigenvalue weighted by atomic mass is 10.1. The number of nitriles is 1. The van der Waals surface area contributed by atoms with Crippen LogP contribution in [0.4, 0.5) is 0 Å². The number of aryl methyl sites for hydroxylation is 1. The summed E-state index contributed by atoms with van der Waals surface area (Å²) in [5.74, 6) is 0. The van der Waals surface area contributed by atoms with Gasteiger partial charge in [0.1, 0.15) is 0 Å². The van der Waals surface area contributed by atoms with Crippen LogP contribution in [0.2, 0.25) is 0 Å². The molecule has 1 N–H and O–H groups in total.